The van der Waals surface area contributed by atoms with Crippen LogP contribution in [0.25, 0.3) is 5.69 Å². The quantitative estimate of drug-likeness (QED) is 0.255. The van der Waals surface area contributed by atoms with Crippen molar-refractivity contribution in [1.29, 1.82) is 0 Å². The average molecular weight is 602 g/mol. The molecule has 0 aliphatic carbocycles. The fraction of sp³-hybridized carbons (Fsp3) is 0.357. The number of nitrogens with zero attached hydrogens (tertiary/aromatic N) is 5. The van der Waals surface area contributed by atoms with Crippen molar-refractivity contribution in [1.82, 2.24) is 24.6 Å². The average Bonchev–Trinajstić information content (AvgIpc) is 3.73. The minimum Gasteiger partial charge on any atom is -0.347 e. The number of benzene rings is 2. The summed E-state index contributed by atoms with van der Waals surface area (Å²) in [6, 6.07) is 14.7. The predicted octanol–water partition coefficient (Wildman–Crippen LogP) is 5.60. The van der Waals surface area contributed by atoms with Crippen LogP contribution in [0, 0.1) is 0 Å². The fourth-order valence-corrected chi connectivity index (χ4v) is 6.72. The molecule has 2 saturated heterocycles. The molecule has 0 radical (unpaired) electrons. The second kappa shape index (κ2) is 11.6. The maximum absolute atomic E-state index is 13.5. The van der Waals surface area contributed by atoms with Crippen molar-refractivity contribution in [3.63, 3.8) is 0 Å². The molecule has 2 aromatic carbocycles. The highest BCUT2D eigenvalue weighted by atomic mass is 32.2. The van der Waals surface area contributed by atoms with Gasteiger partial charge in [-0.3, -0.25) is 9.36 Å². The third-order valence-corrected chi connectivity index (χ3v) is 9.03. The standard InChI is InChI=1S/C28H26F3N5O3S2/c29-28(30,31)20-7-4-8-21(16-20)36-23(15-19-5-2-1-3-6-19)33-34-26(36)41-18-24-32-22(17-40-24)25(37)35-11-9-27(10-12-35)38-13-14-39-27/h1-8,16-17H,9-15,18H2. The molecule has 6 rings (SSSR count). The number of carbonyl (C=O) groups is 1. The molecule has 4 heterocycles. The molecule has 1 amide bonds. The normalized spacial score (nSPS) is 16.9. The van der Waals surface area contributed by atoms with Crippen LogP contribution in [0.5, 0.6) is 0 Å². The summed E-state index contributed by atoms with van der Waals surface area (Å²) in [6.45, 7) is 2.22. The zero-order chi connectivity index (χ0) is 28.5. The number of halogens is 3. The SMILES string of the molecule is O=C(c1csc(CSc2nnc(Cc3ccccc3)n2-c2cccc(C(F)(F)F)c2)n1)N1CCC2(CC1)OCCO2. The zero-order valence-corrected chi connectivity index (χ0v) is 23.5. The summed E-state index contributed by atoms with van der Waals surface area (Å²) in [6.07, 6.45) is -2.83. The highest BCUT2D eigenvalue weighted by molar-refractivity contribution is 7.98. The van der Waals surface area contributed by atoms with Gasteiger partial charge in [-0.2, -0.15) is 13.2 Å². The first kappa shape index (κ1) is 27.9. The Morgan fingerprint density at radius 2 is 1.78 bits per heavy atom. The number of thiazole rings is 1. The lowest BCUT2D eigenvalue weighted by atomic mass is 10.0. The van der Waals surface area contributed by atoms with Crippen LogP contribution < -0.4 is 0 Å². The molecule has 0 atom stereocenters. The third-order valence-electron chi connectivity index (χ3n) is 7.06. The maximum Gasteiger partial charge on any atom is 0.416 e. The van der Waals surface area contributed by atoms with Gasteiger partial charge in [0.1, 0.15) is 16.5 Å². The molecule has 13 heteroatoms. The topological polar surface area (TPSA) is 82.4 Å². The number of carbonyl (C=O) groups excluding carboxylic acids is 1. The number of aromatic nitrogens is 4. The predicted molar refractivity (Wildman–Crippen MR) is 147 cm³/mol. The van der Waals surface area contributed by atoms with Gasteiger partial charge >= 0.3 is 6.18 Å². The van der Waals surface area contributed by atoms with Gasteiger partial charge < -0.3 is 14.4 Å². The van der Waals surface area contributed by atoms with Crippen molar-refractivity contribution in [2.75, 3.05) is 26.3 Å². The molecule has 0 bridgehead atoms. The van der Waals surface area contributed by atoms with Gasteiger partial charge in [0.05, 0.1) is 30.2 Å². The molecule has 2 aliphatic heterocycles. The number of amides is 1. The second-order valence-electron chi connectivity index (χ2n) is 9.76. The molecular weight excluding hydrogens is 575 g/mol. The number of thioether (sulfide) groups is 1. The zero-order valence-electron chi connectivity index (χ0n) is 21.8. The van der Waals surface area contributed by atoms with Crippen LogP contribution in [0.2, 0.25) is 0 Å². The van der Waals surface area contributed by atoms with Crippen LogP contribution in [0.4, 0.5) is 13.2 Å². The van der Waals surface area contributed by atoms with Gasteiger partial charge in [-0.1, -0.05) is 48.2 Å². The molecule has 41 heavy (non-hydrogen) atoms. The minimum absolute atomic E-state index is 0.136. The number of likely N-dealkylation sites (tertiary alicyclic amines) is 1. The van der Waals surface area contributed by atoms with E-state index >= 15 is 0 Å². The summed E-state index contributed by atoms with van der Waals surface area (Å²) >= 11 is 2.67. The van der Waals surface area contributed by atoms with E-state index < -0.39 is 17.5 Å². The summed E-state index contributed by atoms with van der Waals surface area (Å²) in [7, 11) is 0. The number of hydrogen-bond acceptors (Lipinski definition) is 8. The second-order valence-corrected chi connectivity index (χ2v) is 11.6. The molecule has 4 aromatic rings. The van der Waals surface area contributed by atoms with E-state index in [4.69, 9.17) is 9.47 Å². The van der Waals surface area contributed by atoms with Crippen molar-refractivity contribution in [3.8, 4) is 5.69 Å². The fourth-order valence-electron chi connectivity index (χ4n) is 4.97. The lowest BCUT2D eigenvalue weighted by Gasteiger charge is -2.37. The molecule has 2 fully saturated rings. The van der Waals surface area contributed by atoms with E-state index in [0.717, 1.165) is 17.7 Å². The van der Waals surface area contributed by atoms with E-state index in [-0.39, 0.29) is 5.91 Å². The van der Waals surface area contributed by atoms with Crippen LogP contribution >= 0.6 is 23.1 Å². The number of ether oxygens (including phenoxy) is 2. The Labute approximate surface area is 242 Å². The van der Waals surface area contributed by atoms with Gasteiger partial charge in [0.15, 0.2) is 10.9 Å². The summed E-state index contributed by atoms with van der Waals surface area (Å²) < 4.78 is 53.7. The summed E-state index contributed by atoms with van der Waals surface area (Å²) in [4.78, 5) is 19.4. The van der Waals surface area contributed by atoms with E-state index in [1.807, 2.05) is 30.3 Å². The highest BCUT2D eigenvalue weighted by Crippen LogP contribution is 2.34. The summed E-state index contributed by atoms with van der Waals surface area (Å²) in [5.74, 6) is 0.203. The van der Waals surface area contributed by atoms with Gasteiger partial charge in [0.25, 0.3) is 5.91 Å². The first-order valence-corrected chi connectivity index (χ1v) is 15.0. The van der Waals surface area contributed by atoms with Gasteiger partial charge in [0.2, 0.25) is 0 Å². The maximum atomic E-state index is 13.5. The largest absolute Gasteiger partial charge is 0.416 e. The van der Waals surface area contributed by atoms with Crippen molar-refractivity contribution in [3.05, 3.63) is 87.6 Å². The summed E-state index contributed by atoms with van der Waals surface area (Å²) in [5, 5.41) is 11.5. The molecular formula is C28H26F3N5O3S2. The summed E-state index contributed by atoms with van der Waals surface area (Å²) in [5.41, 5.74) is 0.913. The van der Waals surface area contributed by atoms with Gasteiger partial charge in [-0.05, 0) is 23.8 Å². The van der Waals surface area contributed by atoms with Gasteiger partial charge in [-0.15, -0.1) is 21.5 Å². The number of hydrogen-bond donors (Lipinski definition) is 0. The molecule has 0 saturated carbocycles. The van der Waals surface area contributed by atoms with Crippen molar-refractivity contribution >= 4 is 29.0 Å². The van der Waals surface area contributed by atoms with E-state index in [9.17, 15) is 18.0 Å². The number of piperidine rings is 1. The van der Waals surface area contributed by atoms with E-state index in [2.05, 4.69) is 15.2 Å². The Hall–Kier alpha value is -3.26. The third kappa shape index (κ3) is 6.17. The molecule has 1 spiro atoms. The minimum atomic E-state index is -4.48. The van der Waals surface area contributed by atoms with Crippen molar-refractivity contribution < 1.29 is 27.4 Å². The van der Waals surface area contributed by atoms with E-state index in [1.165, 1.54) is 29.2 Å². The highest BCUT2D eigenvalue weighted by Gasteiger charge is 2.41. The number of alkyl halides is 3. The monoisotopic (exact) mass is 601 g/mol. The van der Waals surface area contributed by atoms with Gasteiger partial charge in [-0.25, -0.2) is 4.98 Å². The van der Waals surface area contributed by atoms with Crippen LogP contribution in [-0.4, -0.2) is 62.6 Å². The van der Waals surface area contributed by atoms with Crippen LogP contribution in [-0.2, 0) is 27.8 Å². The van der Waals surface area contributed by atoms with Crippen LogP contribution in [0.15, 0.2) is 65.1 Å². The van der Waals surface area contributed by atoms with E-state index in [1.54, 1.807) is 20.9 Å². The molecule has 214 valence electrons. The van der Waals surface area contributed by atoms with Crippen molar-refractivity contribution in [2.45, 2.75) is 42.1 Å². The molecule has 2 aromatic heterocycles. The Morgan fingerprint density at radius 1 is 1.02 bits per heavy atom. The first-order chi connectivity index (χ1) is 19.8. The molecule has 2 aliphatic rings. The Kier molecular flexibility index (Phi) is 7.86. The number of rotatable bonds is 7. The lowest BCUT2D eigenvalue weighted by Crippen LogP contribution is -2.47. The Balaban J connectivity index is 1.19. The van der Waals surface area contributed by atoms with Crippen LogP contribution in [0.1, 0.15) is 45.3 Å². The Morgan fingerprint density at radius 3 is 2.51 bits per heavy atom. The smallest absolute Gasteiger partial charge is 0.347 e. The first-order valence-electron chi connectivity index (χ1n) is 13.1. The molecule has 0 N–H and O–H groups in total. The lowest BCUT2D eigenvalue weighted by molar-refractivity contribution is -0.181. The van der Waals surface area contributed by atoms with Crippen molar-refractivity contribution in [2.24, 2.45) is 0 Å². The van der Waals surface area contributed by atoms with Gasteiger partial charge in [0, 0.05) is 37.7 Å². The molecule has 8 nitrogen and oxygen atoms in total. The van der Waals surface area contributed by atoms with Crippen LogP contribution in [0.3, 0.4) is 0 Å². The molecule has 0 unspecified atom stereocenters. The Bertz CT molecular complexity index is 1510. The van der Waals surface area contributed by atoms with E-state index in [0.29, 0.717) is 78.7 Å².